The predicted molar refractivity (Wildman–Crippen MR) is 250 cm³/mol. The van der Waals surface area contributed by atoms with Crippen LogP contribution in [-0.2, 0) is 14.3 Å². The summed E-state index contributed by atoms with van der Waals surface area (Å²) >= 11 is 0. The lowest BCUT2D eigenvalue weighted by molar-refractivity contribution is -0.151. The normalized spacial score (nSPS) is 14.2. The monoisotopic (exact) mass is 806 g/mol. The fourth-order valence-corrected chi connectivity index (χ4v) is 6.42. The second-order valence-corrected chi connectivity index (χ2v) is 15.4. The second kappa shape index (κ2) is 44.9. The summed E-state index contributed by atoms with van der Waals surface area (Å²) in [4.78, 5) is 26.0. The maximum Gasteiger partial charge on any atom is 0.306 e. The van der Waals surface area contributed by atoms with Crippen LogP contribution in [0, 0.1) is 0 Å². The molecule has 0 heterocycles. The van der Waals surface area contributed by atoms with E-state index in [0.717, 1.165) is 109 Å². The number of hydrogen-bond donors (Lipinski definition) is 3. The summed E-state index contributed by atoms with van der Waals surface area (Å²) in [6.07, 6.45) is 59.0. The summed E-state index contributed by atoms with van der Waals surface area (Å²) in [7, 11) is 0. The summed E-state index contributed by atoms with van der Waals surface area (Å²) in [6.45, 7) is 6.19. The Kier molecular flexibility index (Phi) is 42.4. The number of rotatable bonds is 40. The number of amides is 1. The molecule has 330 valence electrons. The van der Waals surface area contributed by atoms with E-state index in [9.17, 15) is 19.8 Å². The van der Waals surface area contributed by atoms with E-state index in [0.29, 0.717) is 19.3 Å². The first-order valence-electron chi connectivity index (χ1n) is 23.5. The van der Waals surface area contributed by atoms with Crippen molar-refractivity contribution in [2.75, 3.05) is 6.61 Å². The van der Waals surface area contributed by atoms with E-state index in [1.54, 1.807) is 0 Å². The van der Waals surface area contributed by atoms with E-state index in [1.165, 1.54) is 38.5 Å². The number of esters is 1. The van der Waals surface area contributed by atoms with Gasteiger partial charge in [-0.25, -0.2) is 0 Å². The van der Waals surface area contributed by atoms with E-state index >= 15 is 0 Å². The topological polar surface area (TPSA) is 95.9 Å². The zero-order valence-corrected chi connectivity index (χ0v) is 37.4. The molecule has 0 saturated heterocycles. The predicted octanol–water partition coefficient (Wildman–Crippen LogP) is 13.8. The molecule has 0 aliphatic rings. The van der Waals surface area contributed by atoms with Crippen molar-refractivity contribution < 1.29 is 24.5 Å². The molecule has 3 unspecified atom stereocenters. The van der Waals surface area contributed by atoms with Gasteiger partial charge < -0.3 is 20.3 Å². The van der Waals surface area contributed by atoms with Crippen molar-refractivity contribution in [3.05, 3.63) is 97.2 Å². The Morgan fingerprint density at radius 1 is 0.517 bits per heavy atom. The molecule has 0 spiro atoms. The smallest absolute Gasteiger partial charge is 0.306 e. The van der Waals surface area contributed by atoms with Crippen molar-refractivity contribution in [2.45, 2.75) is 212 Å². The number of unbranched alkanes of at least 4 members (excludes halogenated alkanes) is 12. The van der Waals surface area contributed by atoms with Crippen LogP contribution in [0.15, 0.2) is 97.2 Å². The van der Waals surface area contributed by atoms with Crippen molar-refractivity contribution in [1.29, 1.82) is 0 Å². The Labute approximate surface area is 356 Å². The zero-order valence-electron chi connectivity index (χ0n) is 37.4. The molecule has 0 rings (SSSR count). The van der Waals surface area contributed by atoms with Gasteiger partial charge in [0.1, 0.15) is 6.10 Å². The van der Waals surface area contributed by atoms with E-state index in [-0.39, 0.29) is 24.9 Å². The Morgan fingerprint density at radius 2 is 0.948 bits per heavy atom. The molecular formula is C52H87NO5. The molecule has 0 aliphatic heterocycles. The van der Waals surface area contributed by atoms with E-state index in [1.807, 2.05) is 0 Å². The van der Waals surface area contributed by atoms with Crippen LogP contribution in [0.3, 0.4) is 0 Å². The fraction of sp³-hybridized carbons (Fsp3) is 0.654. The van der Waals surface area contributed by atoms with Gasteiger partial charge in [-0.2, -0.15) is 0 Å². The van der Waals surface area contributed by atoms with Crippen LogP contribution in [0.2, 0.25) is 0 Å². The van der Waals surface area contributed by atoms with Crippen LogP contribution in [0.5, 0.6) is 0 Å². The maximum atomic E-state index is 13.1. The Bertz CT molecular complexity index is 1180. The summed E-state index contributed by atoms with van der Waals surface area (Å²) in [6, 6.07) is -0.729. The standard InChI is InChI=1S/C52H87NO5/c1-4-7-10-13-16-19-21-23-25-26-28-30-33-36-39-42-45-52(57)58-48(43-40-37-34-32-29-27-24-22-20-17-14-11-8-5-2)46-51(56)53-49(47-54)50(55)44-41-38-35-31-18-15-12-9-6-3/h7-8,10-11,16-17,19-20,23-25,27-28,30,32,34,48-50,54-55H,4-6,9,12-15,18,21-22,26,29,31,33,35-47H2,1-3H3,(H,53,56)/b10-7+,11-8+,19-16+,20-17+,25-23+,27-24+,30-28+,34-32+. The summed E-state index contributed by atoms with van der Waals surface area (Å²) in [5, 5.41) is 23.6. The number of hydrogen-bond acceptors (Lipinski definition) is 5. The molecule has 0 aromatic carbocycles. The first kappa shape index (κ1) is 54.8. The van der Waals surface area contributed by atoms with Gasteiger partial charge in [0.05, 0.1) is 25.2 Å². The Hall–Kier alpha value is -3.22. The van der Waals surface area contributed by atoms with E-state index in [4.69, 9.17) is 4.74 Å². The average Bonchev–Trinajstić information content (AvgIpc) is 3.22. The SMILES string of the molecule is CC/C=C/C/C=C/C/C=C/C/C=C/CCCCCC(=O)OC(CCC/C=C/C/C=C/C/C=C/C/C=C/CC)CC(=O)NC(CO)C(O)CCCCCCCCCCC. The lowest BCUT2D eigenvalue weighted by atomic mass is 10.0. The molecular weight excluding hydrogens is 719 g/mol. The number of carbonyl (C=O) groups is 2. The molecule has 6 heteroatoms. The molecule has 1 amide bonds. The molecule has 0 aromatic rings. The van der Waals surface area contributed by atoms with Crippen LogP contribution in [-0.4, -0.2) is 46.9 Å². The van der Waals surface area contributed by atoms with Gasteiger partial charge >= 0.3 is 5.97 Å². The first-order valence-corrected chi connectivity index (χ1v) is 23.5. The van der Waals surface area contributed by atoms with Gasteiger partial charge in [0.25, 0.3) is 0 Å². The minimum absolute atomic E-state index is 0.0209. The molecule has 0 aromatic heterocycles. The molecule has 58 heavy (non-hydrogen) atoms. The van der Waals surface area contributed by atoms with Crippen molar-refractivity contribution >= 4 is 11.9 Å². The first-order chi connectivity index (χ1) is 28.5. The van der Waals surface area contributed by atoms with Crippen molar-refractivity contribution in [2.24, 2.45) is 0 Å². The molecule has 0 aliphatic carbocycles. The van der Waals surface area contributed by atoms with Gasteiger partial charge in [-0.1, -0.05) is 182 Å². The van der Waals surface area contributed by atoms with Gasteiger partial charge in [-0.15, -0.1) is 0 Å². The molecule has 0 fully saturated rings. The number of ether oxygens (including phenoxy) is 1. The van der Waals surface area contributed by atoms with Gasteiger partial charge in [0, 0.05) is 6.42 Å². The van der Waals surface area contributed by atoms with Crippen LogP contribution in [0.4, 0.5) is 0 Å². The highest BCUT2D eigenvalue weighted by atomic mass is 16.5. The third-order valence-corrected chi connectivity index (χ3v) is 9.91. The molecule has 0 saturated carbocycles. The third-order valence-electron chi connectivity index (χ3n) is 9.91. The highest BCUT2D eigenvalue weighted by Crippen LogP contribution is 2.16. The lowest BCUT2D eigenvalue weighted by Crippen LogP contribution is -2.46. The van der Waals surface area contributed by atoms with Crippen LogP contribution in [0.25, 0.3) is 0 Å². The van der Waals surface area contributed by atoms with Gasteiger partial charge in [-0.3, -0.25) is 9.59 Å². The van der Waals surface area contributed by atoms with Crippen molar-refractivity contribution in [1.82, 2.24) is 5.32 Å². The van der Waals surface area contributed by atoms with Gasteiger partial charge in [0.2, 0.25) is 5.91 Å². The largest absolute Gasteiger partial charge is 0.462 e. The van der Waals surface area contributed by atoms with Crippen molar-refractivity contribution in [3.63, 3.8) is 0 Å². The highest BCUT2D eigenvalue weighted by Gasteiger charge is 2.24. The van der Waals surface area contributed by atoms with Crippen LogP contribution in [0.1, 0.15) is 194 Å². The number of allylic oxidation sites excluding steroid dienone is 16. The highest BCUT2D eigenvalue weighted by molar-refractivity contribution is 5.77. The van der Waals surface area contributed by atoms with E-state index < -0.39 is 18.2 Å². The molecule has 6 nitrogen and oxygen atoms in total. The second-order valence-electron chi connectivity index (χ2n) is 15.4. The molecule has 3 atom stereocenters. The number of aliphatic hydroxyl groups excluding tert-OH is 2. The third kappa shape index (κ3) is 39.6. The summed E-state index contributed by atoms with van der Waals surface area (Å²) < 4.78 is 5.87. The number of nitrogens with one attached hydrogen (secondary N) is 1. The number of aliphatic hydroxyl groups is 2. The Balaban J connectivity index is 4.77. The maximum absolute atomic E-state index is 13.1. The lowest BCUT2D eigenvalue weighted by Gasteiger charge is -2.24. The molecule has 3 N–H and O–H groups in total. The molecule has 0 bridgehead atoms. The van der Waals surface area contributed by atoms with E-state index in [2.05, 4.69) is 123 Å². The zero-order chi connectivity index (χ0) is 42.4. The summed E-state index contributed by atoms with van der Waals surface area (Å²) in [5.74, 6) is -0.578. The van der Waals surface area contributed by atoms with Crippen LogP contribution < -0.4 is 5.32 Å². The minimum Gasteiger partial charge on any atom is -0.462 e. The fourth-order valence-electron chi connectivity index (χ4n) is 6.42. The van der Waals surface area contributed by atoms with Crippen LogP contribution >= 0.6 is 0 Å². The van der Waals surface area contributed by atoms with Crippen molar-refractivity contribution in [3.8, 4) is 0 Å². The molecule has 0 radical (unpaired) electrons. The van der Waals surface area contributed by atoms with Gasteiger partial charge in [-0.05, 0) is 96.3 Å². The summed E-state index contributed by atoms with van der Waals surface area (Å²) in [5.41, 5.74) is 0. The Morgan fingerprint density at radius 3 is 1.43 bits per heavy atom. The average molecular weight is 806 g/mol. The quantitative estimate of drug-likeness (QED) is 0.0326. The van der Waals surface area contributed by atoms with Gasteiger partial charge in [0.15, 0.2) is 0 Å². The number of carbonyl (C=O) groups excluding carboxylic acids is 2. The minimum atomic E-state index is -0.811.